The Labute approximate surface area is 97.7 Å². The molecule has 1 aromatic rings. The topological polar surface area (TPSA) is 32.3 Å². The van der Waals surface area contributed by atoms with Crippen molar-refractivity contribution in [1.82, 2.24) is 5.32 Å². The first-order valence-corrected chi connectivity index (χ1v) is 6.02. The Kier molecular flexibility index (Phi) is 2.94. The van der Waals surface area contributed by atoms with Crippen LogP contribution in [0.2, 0.25) is 0 Å². The van der Waals surface area contributed by atoms with E-state index < -0.39 is 0 Å². The van der Waals surface area contributed by atoms with Crippen LogP contribution in [0.4, 0.5) is 0 Å². The molecule has 16 heavy (non-hydrogen) atoms. The van der Waals surface area contributed by atoms with Gasteiger partial charge in [0.1, 0.15) is 5.75 Å². The molecule has 0 saturated heterocycles. The molecule has 2 heteroatoms. The quantitative estimate of drug-likeness (QED) is 0.801. The van der Waals surface area contributed by atoms with Gasteiger partial charge in [-0.25, -0.2) is 0 Å². The van der Waals surface area contributed by atoms with Crippen molar-refractivity contribution >= 4 is 0 Å². The monoisotopic (exact) mass is 219 g/mol. The van der Waals surface area contributed by atoms with Gasteiger partial charge in [-0.3, -0.25) is 0 Å². The second kappa shape index (κ2) is 4.10. The number of hydrogen-bond acceptors (Lipinski definition) is 2. The lowest BCUT2D eigenvalue weighted by atomic mass is 9.74. The number of fused-ring (bicyclic) bond motifs is 1. The average Bonchev–Trinajstić information content (AvgIpc) is 2.28. The number of nitrogens with one attached hydrogen (secondary N) is 1. The molecule has 1 aromatic carbocycles. The molecule has 0 radical (unpaired) electrons. The van der Waals surface area contributed by atoms with E-state index in [1.165, 1.54) is 17.5 Å². The minimum atomic E-state index is 0.190. The van der Waals surface area contributed by atoms with Crippen molar-refractivity contribution in [1.29, 1.82) is 0 Å². The SMILES string of the molecule is CNC(C)(C)C1CCc2cc(O)ccc2C1. The molecule has 0 spiro atoms. The summed E-state index contributed by atoms with van der Waals surface area (Å²) in [5.74, 6) is 1.07. The van der Waals surface area contributed by atoms with Gasteiger partial charge in [0.25, 0.3) is 0 Å². The van der Waals surface area contributed by atoms with E-state index in [4.69, 9.17) is 0 Å². The first kappa shape index (κ1) is 11.5. The molecule has 0 aromatic heterocycles. The molecule has 0 heterocycles. The summed E-state index contributed by atoms with van der Waals surface area (Å²) >= 11 is 0. The lowest BCUT2D eigenvalue weighted by Gasteiger charge is -2.37. The van der Waals surface area contributed by atoms with Crippen molar-refractivity contribution in [2.75, 3.05) is 7.05 Å². The van der Waals surface area contributed by atoms with Crippen LogP contribution in [0.25, 0.3) is 0 Å². The van der Waals surface area contributed by atoms with E-state index >= 15 is 0 Å². The van der Waals surface area contributed by atoms with Crippen LogP contribution in [0.1, 0.15) is 31.4 Å². The zero-order valence-electron chi connectivity index (χ0n) is 10.4. The Morgan fingerprint density at radius 1 is 1.31 bits per heavy atom. The van der Waals surface area contributed by atoms with Gasteiger partial charge in [0.2, 0.25) is 0 Å². The standard InChI is InChI=1S/C14H21NO/c1-14(2,15-3)12-6-4-11-9-13(16)7-5-10(11)8-12/h5,7,9,12,15-16H,4,6,8H2,1-3H3. The molecular formula is C14H21NO. The van der Waals surface area contributed by atoms with E-state index in [0.29, 0.717) is 11.7 Å². The summed E-state index contributed by atoms with van der Waals surface area (Å²) in [6.45, 7) is 4.53. The Morgan fingerprint density at radius 2 is 2.06 bits per heavy atom. The summed E-state index contributed by atoms with van der Waals surface area (Å²) < 4.78 is 0. The second-order valence-electron chi connectivity index (χ2n) is 5.36. The van der Waals surface area contributed by atoms with Gasteiger partial charge in [-0.1, -0.05) is 6.07 Å². The Morgan fingerprint density at radius 3 is 2.75 bits per heavy atom. The number of benzene rings is 1. The fraction of sp³-hybridized carbons (Fsp3) is 0.571. The van der Waals surface area contributed by atoms with Gasteiger partial charge in [0, 0.05) is 5.54 Å². The Hall–Kier alpha value is -1.02. The summed E-state index contributed by atoms with van der Waals surface area (Å²) in [7, 11) is 2.03. The van der Waals surface area contributed by atoms with Crippen LogP contribution >= 0.6 is 0 Å². The summed E-state index contributed by atoms with van der Waals surface area (Å²) in [5.41, 5.74) is 2.91. The van der Waals surface area contributed by atoms with Crippen LogP contribution in [0.15, 0.2) is 18.2 Å². The fourth-order valence-electron chi connectivity index (χ4n) is 2.56. The van der Waals surface area contributed by atoms with Crippen LogP contribution in [-0.2, 0) is 12.8 Å². The molecule has 0 saturated carbocycles. The fourth-order valence-corrected chi connectivity index (χ4v) is 2.56. The van der Waals surface area contributed by atoms with Gasteiger partial charge in [0.15, 0.2) is 0 Å². The number of hydrogen-bond donors (Lipinski definition) is 2. The molecule has 1 unspecified atom stereocenters. The van der Waals surface area contributed by atoms with E-state index in [-0.39, 0.29) is 5.54 Å². The lowest BCUT2D eigenvalue weighted by Crippen LogP contribution is -2.46. The van der Waals surface area contributed by atoms with E-state index in [0.717, 1.165) is 12.8 Å². The number of phenols is 1. The Balaban J connectivity index is 2.21. The molecule has 2 rings (SSSR count). The highest BCUT2D eigenvalue weighted by atomic mass is 16.3. The van der Waals surface area contributed by atoms with E-state index in [2.05, 4.69) is 25.2 Å². The highest BCUT2D eigenvalue weighted by Crippen LogP contribution is 2.33. The maximum Gasteiger partial charge on any atom is 0.115 e. The number of rotatable bonds is 2. The third kappa shape index (κ3) is 2.07. The van der Waals surface area contributed by atoms with Crippen LogP contribution in [0.3, 0.4) is 0 Å². The van der Waals surface area contributed by atoms with Gasteiger partial charge in [0.05, 0.1) is 0 Å². The number of aryl methyl sites for hydroxylation is 1. The normalized spacial score (nSPS) is 20.6. The molecule has 0 aliphatic heterocycles. The molecule has 2 N–H and O–H groups in total. The first-order valence-electron chi connectivity index (χ1n) is 6.02. The van der Waals surface area contributed by atoms with Crippen molar-refractivity contribution in [2.24, 2.45) is 5.92 Å². The highest BCUT2D eigenvalue weighted by Gasteiger charge is 2.30. The summed E-state index contributed by atoms with van der Waals surface area (Å²) in [5, 5.41) is 12.9. The third-order valence-corrected chi connectivity index (χ3v) is 4.08. The Bertz CT molecular complexity index is 384. The number of aromatic hydroxyl groups is 1. The zero-order valence-corrected chi connectivity index (χ0v) is 10.4. The number of phenolic OH excluding ortho intramolecular Hbond substituents is 1. The maximum atomic E-state index is 9.45. The lowest BCUT2D eigenvalue weighted by molar-refractivity contribution is 0.243. The molecule has 0 amide bonds. The molecule has 1 atom stereocenters. The smallest absolute Gasteiger partial charge is 0.115 e. The molecule has 0 bridgehead atoms. The van der Waals surface area contributed by atoms with Crippen molar-refractivity contribution in [3.8, 4) is 5.75 Å². The predicted molar refractivity (Wildman–Crippen MR) is 66.8 cm³/mol. The minimum absolute atomic E-state index is 0.190. The second-order valence-corrected chi connectivity index (χ2v) is 5.36. The van der Waals surface area contributed by atoms with Crippen molar-refractivity contribution < 1.29 is 5.11 Å². The van der Waals surface area contributed by atoms with Gasteiger partial charge in [-0.05, 0) is 69.3 Å². The van der Waals surface area contributed by atoms with E-state index in [9.17, 15) is 5.11 Å². The van der Waals surface area contributed by atoms with Gasteiger partial charge in [-0.2, -0.15) is 0 Å². The minimum Gasteiger partial charge on any atom is -0.508 e. The first-order chi connectivity index (χ1) is 7.53. The van der Waals surface area contributed by atoms with Crippen LogP contribution in [-0.4, -0.2) is 17.7 Å². The van der Waals surface area contributed by atoms with Crippen LogP contribution < -0.4 is 5.32 Å². The van der Waals surface area contributed by atoms with E-state index in [1.807, 2.05) is 13.1 Å². The molecule has 2 nitrogen and oxygen atoms in total. The van der Waals surface area contributed by atoms with E-state index in [1.54, 1.807) is 6.07 Å². The summed E-state index contributed by atoms with van der Waals surface area (Å²) in [6.07, 6.45) is 3.40. The summed E-state index contributed by atoms with van der Waals surface area (Å²) in [6, 6.07) is 5.79. The molecule has 1 aliphatic rings. The maximum absolute atomic E-state index is 9.45. The molecule has 88 valence electrons. The molecule has 0 fully saturated rings. The molecular weight excluding hydrogens is 198 g/mol. The van der Waals surface area contributed by atoms with Gasteiger partial charge < -0.3 is 10.4 Å². The van der Waals surface area contributed by atoms with Crippen LogP contribution in [0.5, 0.6) is 5.75 Å². The predicted octanol–water partition coefficient (Wildman–Crippen LogP) is 2.50. The average molecular weight is 219 g/mol. The third-order valence-electron chi connectivity index (χ3n) is 4.08. The van der Waals surface area contributed by atoms with Crippen molar-refractivity contribution in [2.45, 2.75) is 38.6 Å². The molecule has 1 aliphatic carbocycles. The summed E-state index contributed by atoms with van der Waals surface area (Å²) in [4.78, 5) is 0. The van der Waals surface area contributed by atoms with Crippen molar-refractivity contribution in [3.05, 3.63) is 29.3 Å². The zero-order chi connectivity index (χ0) is 11.8. The van der Waals surface area contributed by atoms with Crippen molar-refractivity contribution in [3.63, 3.8) is 0 Å². The largest absolute Gasteiger partial charge is 0.508 e. The van der Waals surface area contributed by atoms with Crippen LogP contribution in [0, 0.1) is 5.92 Å². The van der Waals surface area contributed by atoms with Gasteiger partial charge in [-0.15, -0.1) is 0 Å². The van der Waals surface area contributed by atoms with Gasteiger partial charge >= 0.3 is 0 Å². The highest BCUT2D eigenvalue weighted by molar-refractivity contribution is 5.37.